The highest BCUT2D eigenvalue weighted by molar-refractivity contribution is 6.33. The highest BCUT2D eigenvalue weighted by Gasteiger charge is 2.30. The van der Waals surface area contributed by atoms with E-state index in [-0.39, 0.29) is 24.0 Å². The number of hydrogen-bond acceptors (Lipinski definition) is 4. The molecule has 1 aromatic heterocycles. The van der Waals surface area contributed by atoms with E-state index in [0.717, 1.165) is 12.1 Å². The molecule has 0 bridgehead atoms. The molecule has 0 radical (unpaired) electrons. The maximum atomic E-state index is 12.6. The van der Waals surface area contributed by atoms with Crippen LogP contribution in [0.2, 0.25) is 5.02 Å². The Hall–Kier alpha value is -2.55. The van der Waals surface area contributed by atoms with Crippen LogP contribution in [0.3, 0.4) is 0 Å². The van der Waals surface area contributed by atoms with Crippen molar-refractivity contribution < 1.29 is 18.0 Å². The first-order chi connectivity index (χ1) is 12.3. The zero-order valence-corrected chi connectivity index (χ0v) is 14.1. The molecular formula is C16H14ClF3N4O2. The number of nitrogens with one attached hydrogen (secondary N) is 1. The number of anilines is 1. The van der Waals surface area contributed by atoms with Crippen LogP contribution in [0.5, 0.6) is 0 Å². The van der Waals surface area contributed by atoms with Gasteiger partial charge in [-0.2, -0.15) is 18.3 Å². The Morgan fingerprint density at radius 2 is 1.85 bits per heavy atom. The Balaban J connectivity index is 1.67. The predicted molar refractivity (Wildman–Crippen MR) is 88.9 cm³/mol. The monoisotopic (exact) mass is 386 g/mol. The topological polar surface area (TPSA) is 69.3 Å². The lowest BCUT2D eigenvalue weighted by atomic mass is 10.1. The number of alkyl halides is 3. The van der Waals surface area contributed by atoms with Crippen molar-refractivity contribution in [1.82, 2.24) is 15.1 Å². The van der Waals surface area contributed by atoms with Gasteiger partial charge in [-0.1, -0.05) is 23.7 Å². The van der Waals surface area contributed by atoms with Crippen LogP contribution in [0.4, 0.5) is 18.9 Å². The van der Waals surface area contributed by atoms with Gasteiger partial charge in [0.2, 0.25) is 5.91 Å². The minimum Gasteiger partial charge on any atom is -0.358 e. The summed E-state index contributed by atoms with van der Waals surface area (Å²) >= 11 is 5.95. The molecule has 1 fully saturated rings. The molecule has 3 rings (SSSR count). The number of nitrogens with zero attached hydrogens (tertiary/aromatic N) is 3. The van der Waals surface area contributed by atoms with Crippen LogP contribution >= 0.6 is 11.6 Å². The van der Waals surface area contributed by atoms with Gasteiger partial charge in [-0.05, 0) is 17.7 Å². The lowest BCUT2D eigenvalue weighted by Crippen LogP contribution is -2.50. The van der Waals surface area contributed by atoms with E-state index in [1.165, 1.54) is 18.3 Å². The molecule has 0 atom stereocenters. The maximum Gasteiger partial charge on any atom is 0.416 e. The first kappa shape index (κ1) is 18.2. The van der Waals surface area contributed by atoms with E-state index in [1.54, 1.807) is 9.80 Å². The highest BCUT2D eigenvalue weighted by atomic mass is 35.5. The Labute approximate surface area is 151 Å². The smallest absolute Gasteiger partial charge is 0.358 e. The first-order valence-corrected chi connectivity index (χ1v) is 8.05. The molecule has 1 saturated heterocycles. The molecule has 1 aromatic carbocycles. The minimum absolute atomic E-state index is 0.00544. The fourth-order valence-corrected chi connectivity index (χ4v) is 2.91. The summed E-state index contributed by atoms with van der Waals surface area (Å²) in [6.45, 7) is 0.998. The Bertz CT molecular complexity index is 867. The van der Waals surface area contributed by atoms with Crippen LogP contribution in [0.1, 0.15) is 11.1 Å². The number of piperazine rings is 1. The van der Waals surface area contributed by atoms with Gasteiger partial charge < -0.3 is 9.80 Å². The van der Waals surface area contributed by atoms with Gasteiger partial charge in [0.05, 0.1) is 24.0 Å². The van der Waals surface area contributed by atoms with Crippen LogP contribution in [-0.2, 0) is 17.5 Å². The van der Waals surface area contributed by atoms with E-state index in [9.17, 15) is 22.8 Å². The van der Waals surface area contributed by atoms with Crippen molar-refractivity contribution >= 4 is 23.2 Å². The van der Waals surface area contributed by atoms with Crippen molar-refractivity contribution in [3.05, 3.63) is 57.0 Å². The standard InChI is InChI=1S/C16H14ClF3N4O2/c17-14-12(7-21-22-15(14)26)23-5-6-24(13(25)9-23)8-10-1-3-11(4-2-10)16(18,19)20/h1-4,7H,5-6,8-9H2,(H,22,26). The normalized spacial score (nSPS) is 15.5. The summed E-state index contributed by atoms with van der Waals surface area (Å²) in [4.78, 5) is 27.1. The molecule has 2 aromatic rings. The summed E-state index contributed by atoms with van der Waals surface area (Å²) in [5, 5.41) is 5.85. The second kappa shape index (κ2) is 6.99. The summed E-state index contributed by atoms with van der Waals surface area (Å²) in [6.07, 6.45) is -3.01. The first-order valence-electron chi connectivity index (χ1n) is 7.68. The minimum atomic E-state index is -4.39. The van der Waals surface area contributed by atoms with Crippen LogP contribution < -0.4 is 10.5 Å². The number of benzene rings is 1. The van der Waals surface area contributed by atoms with E-state index in [1.807, 2.05) is 0 Å². The largest absolute Gasteiger partial charge is 0.416 e. The average Bonchev–Trinajstić information content (AvgIpc) is 2.59. The zero-order chi connectivity index (χ0) is 18.9. The number of aromatic amines is 1. The van der Waals surface area contributed by atoms with Gasteiger partial charge in [-0.25, -0.2) is 5.10 Å². The molecule has 0 unspecified atom stereocenters. The van der Waals surface area contributed by atoms with Gasteiger partial charge >= 0.3 is 6.18 Å². The number of rotatable bonds is 3. The third-order valence-electron chi connectivity index (χ3n) is 4.09. The van der Waals surface area contributed by atoms with E-state index in [2.05, 4.69) is 10.2 Å². The van der Waals surface area contributed by atoms with Crippen molar-refractivity contribution in [3.8, 4) is 0 Å². The van der Waals surface area contributed by atoms with Crippen LogP contribution in [-0.4, -0.2) is 40.6 Å². The molecule has 0 spiro atoms. The molecular weight excluding hydrogens is 373 g/mol. The zero-order valence-electron chi connectivity index (χ0n) is 13.4. The number of aromatic nitrogens is 2. The molecule has 0 saturated carbocycles. The van der Waals surface area contributed by atoms with E-state index < -0.39 is 17.3 Å². The highest BCUT2D eigenvalue weighted by Crippen LogP contribution is 2.29. The third kappa shape index (κ3) is 3.82. The molecule has 6 nitrogen and oxygen atoms in total. The molecule has 1 aliphatic heterocycles. The van der Waals surface area contributed by atoms with Crippen molar-refractivity contribution in [2.45, 2.75) is 12.7 Å². The molecule has 1 amide bonds. The van der Waals surface area contributed by atoms with Crippen molar-refractivity contribution in [2.24, 2.45) is 0 Å². The SMILES string of the molecule is O=C1CN(c2cn[nH]c(=O)c2Cl)CCN1Cc1ccc(C(F)(F)F)cc1. The van der Waals surface area contributed by atoms with Crippen molar-refractivity contribution in [2.75, 3.05) is 24.5 Å². The lowest BCUT2D eigenvalue weighted by Gasteiger charge is -2.35. The van der Waals surface area contributed by atoms with Crippen molar-refractivity contribution in [1.29, 1.82) is 0 Å². The van der Waals surface area contributed by atoms with Gasteiger partial charge in [0, 0.05) is 19.6 Å². The molecule has 10 heteroatoms. The molecule has 2 heterocycles. The lowest BCUT2D eigenvalue weighted by molar-refractivity contribution is -0.137. The number of H-pyrrole nitrogens is 1. The second-order valence-corrected chi connectivity index (χ2v) is 6.21. The fourth-order valence-electron chi connectivity index (χ4n) is 2.70. The summed E-state index contributed by atoms with van der Waals surface area (Å²) in [5.74, 6) is -0.215. The number of carbonyl (C=O) groups is 1. The van der Waals surface area contributed by atoms with Crippen LogP contribution in [0, 0.1) is 0 Å². The van der Waals surface area contributed by atoms with Crippen LogP contribution in [0.25, 0.3) is 0 Å². The van der Waals surface area contributed by atoms with Gasteiger partial charge in [0.25, 0.3) is 5.56 Å². The molecule has 0 aliphatic carbocycles. The van der Waals surface area contributed by atoms with E-state index in [0.29, 0.717) is 24.3 Å². The Morgan fingerprint density at radius 1 is 1.15 bits per heavy atom. The molecule has 1 N–H and O–H groups in total. The van der Waals surface area contributed by atoms with E-state index >= 15 is 0 Å². The van der Waals surface area contributed by atoms with Gasteiger partial charge in [0.1, 0.15) is 5.02 Å². The fraction of sp³-hybridized carbons (Fsp3) is 0.312. The quantitative estimate of drug-likeness (QED) is 0.878. The Kier molecular flexibility index (Phi) is 4.90. The second-order valence-electron chi connectivity index (χ2n) is 5.83. The number of halogens is 4. The summed E-state index contributed by atoms with van der Waals surface area (Å²) < 4.78 is 37.8. The summed E-state index contributed by atoms with van der Waals surface area (Å²) in [6, 6.07) is 4.72. The van der Waals surface area contributed by atoms with E-state index in [4.69, 9.17) is 11.6 Å². The Morgan fingerprint density at radius 3 is 2.46 bits per heavy atom. The van der Waals surface area contributed by atoms with Crippen molar-refractivity contribution in [3.63, 3.8) is 0 Å². The molecule has 138 valence electrons. The van der Waals surface area contributed by atoms with Crippen LogP contribution in [0.15, 0.2) is 35.3 Å². The summed E-state index contributed by atoms with van der Waals surface area (Å²) in [7, 11) is 0. The molecule has 1 aliphatic rings. The van der Waals surface area contributed by atoms with Gasteiger partial charge in [0.15, 0.2) is 0 Å². The number of carbonyl (C=O) groups excluding carboxylic acids is 1. The van der Waals surface area contributed by atoms with Gasteiger partial charge in [-0.3, -0.25) is 9.59 Å². The van der Waals surface area contributed by atoms with Gasteiger partial charge in [-0.15, -0.1) is 0 Å². The third-order valence-corrected chi connectivity index (χ3v) is 4.46. The summed E-state index contributed by atoms with van der Waals surface area (Å²) in [5.41, 5.74) is -0.286. The number of amides is 1. The maximum absolute atomic E-state index is 12.6. The molecule has 26 heavy (non-hydrogen) atoms. The number of hydrogen-bond donors (Lipinski definition) is 1. The average molecular weight is 387 g/mol. The predicted octanol–water partition coefficient (Wildman–Crippen LogP) is 2.29.